The summed E-state index contributed by atoms with van der Waals surface area (Å²) >= 11 is 3.32. The lowest BCUT2D eigenvalue weighted by Gasteiger charge is -2.29. The van der Waals surface area contributed by atoms with Crippen LogP contribution < -0.4 is 4.90 Å². The molecule has 1 heterocycles. The van der Waals surface area contributed by atoms with Crippen LogP contribution in [0.2, 0.25) is 0 Å². The molecule has 0 unspecified atom stereocenters. The van der Waals surface area contributed by atoms with Crippen LogP contribution in [0.3, 0.4) is 0 Å². The first-order valence-corrected chi connectivity index (χ1v) is 5.81. The van der Waals surface area contributed by atoms with Crippen LogP contribution in [0, 0.1) is 5.82 Å². The third-order valence-corrected chi connectivity index (χ3v) is 3.34. The fourth-order valence-corrected chi connectivity index (χ4v) is 2.30. The van der Waals surface area contributed by atoms with Crippen LogP contribution in [0.5, 0.6) is 0 Å². The van der Waals surface area contributed by atoms with Crippen LogP contribution in [0.15, 0.2) is 24.3 Å². The Bertz CT molecular complexity index is 383. The van der Waals surface area contributed by atoms with Crippen molar-refractivity contribution in [3.05, 3.63) is 30.1 Å². The first-order chi connectivity index (χ1) is 7.18. The van der Waals surface area contributed by atoms with Crippen molar-refractivity contribution in [1.29, 1.82) is 0 Å². The van der Waals surface area contributed by atoms with E-state index in [1.165, 1.54) is 12.1 Å². The monoisotopic (exact) mass is 271 g/mol. The molecule has 80 valence electrons. The summed E-state index contributed by atoms with van der Waals surface area (Å²) in [5, 5.41) is 0. The van der Waals surface area contributed by atoms with E-state index in [0.29, 0.717) is 12.2 Å². The molecule has 1 aromatic carbocycles. The molecular weight excluding hydrogens is 261 g/mol. The molecule has 0 spiro atoms. The van der Waals surface area contributed by atoms with Crippen LogP contribution >= 0.6 is 15.9 Å². The van der Waals surface area contributed by atoms with E-state index < -0.39 is 0 Å². The van der Waals surface area contributed by atoms with Crippen molar-refractivity contribution in [2.24, 2.45) is 0 Å². The summed E-state index contributed by atoms with van der Waals surface area (Å²) in [6.07, 6.45) is 1.79. The Kier molecular flexibility index (Phi) is 3.05. The van der Waals surface area contributed by atoms with E-state index in [-0.39, 0.29) is 16.6 Å². The van der Waals surface area contributed by atoms with Crippen molar-refractivity contribution < 1.29 is 9.18 Å². The summed E-state index contributed by atoms with van der Waals surface area (Å²) in [5.74, 6) is -0.288. The standard InChI is InChI=1S/C11H11BrFNO/c12-10-5-2-6-14(11(10)15)9-4-1-3-8(13)7-9/h1,3-4,7,10H,2,5-6H2/t10-/m1/s1. The highest BCUT2D eigenvalue weighted by Gasteiger charge is 2.27. The molecule has 4 heteroatoms. The number of carbonyl (C=O) groups is 1. The number of alkyl halides is 1. The second-order valence-electron chi connectivity index (χ2n) is 3.58. The predicted octanol–water partition coefficient (Wildman–Crippen LogP) is 2.72. The molecule has 0 radical (unpaired) electrons. The molecule has 1 aliphatic rings. The summed E-state index contributed by atoms with van der Waals surface area (Å²) in [6, 6.07) is 6.15. The smallest absolute Gasteiger partial charge is 0.240 e. The van der Waals surface area contributed by atoms with Gasteiger partial charge in [-0.05, 0) is 31.0 Å². The van der Waals surface area contributed by atoms with Gasteiger partial charge in [0.15, 0.2) is 0 Å². The number of halogens is 2. The highest BCUT2D eigenvalue weighted by atomic mass is 79.9. The van der Waals surface area contributed by atoms with E-state index in [1.807, 2.05) is 0 Å². The summed E-state index contributed by atoms with van der Waals surface area (Å²) in [7, 11) is 0. The third kappa shape index (κ3) is 2.20. The molecule has 0 N–H and O–H groups in total. The van der Waals surface area contributed by atoms with Crippen LogP contribution in [0.4, 0.5) is 10.1 Å². The van der Waals surface area contributed by atoms with Gasteiger partial charge in [0, 0.05) is 12.2 Å². The maximum absolute atomic E-state index is 13.0. The van der Waals surface area contributed by atoms with E-state index in [9.17, 15) is 9.18 Å². The number of carbonyl (C=O) groups excluding carboxylic acids is 1. The molecule has 1 saturated heterocycles. The van der Waals surface area contributed by atoms with Gasteiger partial charge in [-0.1, -0.05) is 22.0 Å². The maximum atomic E-state index is 13.0. The van der Waals surface area contributed by atoms with Crippen molar-refractivity contribution >= 4 is 27.5 Å². The van der Waals surface area contributed by atoms with Gasteiger partial charge in [-0.15, -0.1) is 0 Å². The average Bonchev–Trinajstić information content (AvgIpc) is 2.22. The molecule has 0 aromatic heterocycles. The highest BCUT2D eigenvalue weighted by molar-refractivity contribution is 9.10. The van der Waals surface area contributed by atoms with Gasteiger partial charge in [0.25, 0.3) is 0 Å². The summed E-state index contributed by atoms with van der Waals surface area (Å²) < 4.78 is 13.0. The minimum Gasteiger partial charge on any atom is -0.311 e. The summed E-state index contributed by atoms with van der Waals surface area (Å²) in [6.45, 7) is 0.671. The SMILES string of the molecule is O=C1[C@H](Br)CCCN1c1cccc(F)c1. The maximum Gasteiger partial charge on any atom is 0.240 e. The molecular formula is C11H11BrFNO. The molecule has 1 fully saturated rings. The molecule has 0 saturated carbocycles. The minimum atomic E-state index is -0.308. The van der Waals surface area contributed by atoms with Crippen LogP contribution in [-0.4, -0.2) is 17.3 Å². The Morgan fingerprint density at radius 1 is 1.47 bits per heavy atom. The molecule has 2 nitrogen and oxygen atoms in total. The third-order valence-electron chi connectivity index (χ3n) is 2.49. The van der Waals surface area contributed by atoms with Crippen molar-refractivity contribution in [2.75, 3.05) is 11.4 Å². The first kappa shape index (κ1) is 10.6. The lowest BCUT2D eigenvalue weighted by Crippen LogP contribution is -2.41. The average molecular weight is 272 g/mol. The molecule has 15 heavy (non-hydrogen) atoms. The molecule has 1 atom stereocenters. The second-order valence-corrected chi connectivity index (χ2v) is 4.68. The van der Waals surface area contributed by atoms with E-state index >= 15 is 0 Å². The van der Waals surface area contributed by atoms with Gasteiger partial charge in [-0.25, -0.2) is 4.39 Å². The molecule has 1 aliphatic heterocycles. The first-order valence-electron chi connectivity index (χ1n) is 4.89. The van der Waals surface area contributed by atoms with Crippen LogP contribution in [0.25, 0.3) is 0 Å². The van der Waals surface area contributed by atoms with Crippen molar-refractivity contribution in [3.63, 3.8) is 0 Å². The van der Waals surface area contributed by atoms with Crippen molar-refractivity contribution in [1.82, 2.24) is 0 Å². The van der Waals surface area contributed by atoms with Gasteiger partial charge in [0.1, 0.15) is 5.82 Å². The van der Waals surface area contributed by atoms with Gasteiger partial charge >= 0.3 is 0 Å². The van der Waals surface area contributed by atoms with Crippen LogP contribution in [0.1, 0.15) is 12.8 Å². The van der Waals surface area contributed by atoms with Crippen molar-refractivity contribution in [3.8, 4) is 0 Å². The van der Waals surface area contributed by atoms with E-state index in [1.54, 1.807) is 17.0 Å². The van der Waals surface area contributed by atoms with Gasteiger partial charge in [0.2, 0.25) is 5.91 Å². The largest absolute Gasteiger partial charge is 0.311 e. The Hall–Kier alpha value is -0.900. The number of rotatable bonds is 1. The van der Waals surface area contributed by atoms with Crippen molar-refractivity contribution in [2.45, 2.75) is 17.7 Å². The molecule has 1 amide bonds. The summed E-state index contributed by atoms with van der Waals surface area (Å²) in [5.41, 5.74) is 0.643. The van der Waals surface area contributed by atoms with E-state index in [4.69, 9.17) is 0 Å². The lowest BCUT2D eigenvalue weighted by atomic mass is 10.1. The predicted molar refractivity (Wildman–Crippen MR) is 60.7 cm³/mol. The van der Waals surface area contributed by atoms with Gasteiger partial charge in [0.05, 0.1) is 4.83 Å². The number of anilines is 1. The molecule has 0 bridgehead atoms. The highest BCUT2D eigenvalue weighted by Crippen LogP contribution is 2.24. The number of nitrogens with zero attached hydrogens (tertiary/aromatic N) is 1. The Morgan fingerprint density at radius 2 is 2.27 bits per heavy atom. The van der Waals surface area contributed by atoms with E-state index in [2.05, 4.69) is 15.9 Å². The number of hydrogen-bond donors (Lipinski definition) is 0. The van der Waals surface area contributed by atoms with Crippen LogP contribution in [-0.2, 0) is 4.79 Å². The van der Waals surface area contributed by atoms with Gasteiger partial charge in [-0.2, -0.15) is 0 Å². The molecule has 1 aromatic rings. The Balaban J connectivity index is 2.26. The number of amides is 1. The topological polar surface area (TPSA) is 20.3 Å². The number of hydrogen-bond acceptors (Lipinski definition) is 1. The second kappa shape index (κ2) is 4.31. The summed E-state index contributed by atoms with van der Waals surface area (Å²) in [4.78, 5) is 13.3. The minimum absolute atomic E-state index is 0.0202. The quantitative estimate of drug-likeness (QED) is 0.720. The molecule has 0 aliphatic carbocycles. The Morgan fingerprint density at radius 3 is 3.00 bits per heavy atom. The zero-order valence-corrected chi connectivity index (χ0v) is 9.71. The Labute approximate surface area is 96.2 Å². The fourth-order valence-electron chi connectivity index (χ4n) is 1.73. The zero-order valence-electron chi connectivity index (χ0n) is 8.12. The number of benzene rings is 1. The number of piperidine rings is 1. The zero-order chi connectivity index (χ0) is 10.8. The van der Waals surface area contributed by atoms with Gasteiger partial charge in [-0.3, -0.25) is 4.79 Å². The van der Waals surface area contributed by atoms with Gasteiger partial charge < -0.3 is 4.90 Å². The fraction of sp³-hybridized carbons (Fsp3) is 0.364. The molecule has 2 rings (SSSR count). The normalized spacial score (nSPS) is 21.9. The van der Waals surface area contributed by atoms with E-state index in [0.717, 1.165) is 12.8 Å². The lowest BCUT2D eigenvalue weighted by molar-refractivity contribution is -0.118.